The zero-order chi connectivity index (χ0) is 9.97. The summed E-state index contributed by atoms with van der Waals surface area (Å²) in [4.78, 5) is 8.21. The van der Waals surface area contributed by atoms with Gasteiger partial charge in [-0.05, 0) is 18.3 Å². The lowest BCUT2D eigenvalue weighted by Gasteiger charge is -2.05. The number of anilines is 2. The van der Waals surface area contributed by atoms with E-state index in [1.54, 1.807) is 12.4 Å². The number of rotatable bonds is 4. The fourth-order valence-corrected chi connectivity index (χ4v) is 1.44. The second-order valence-corrected chi connectivity index (χ2v) is 3.79. The van der Waals surface area contributed by atoms with E-state index in [0.29, 0.717) is 5.82 Å². The lowest BCUT2D eigenvalue weighted by atomic mass is 10.3. The molecule has 5 nitrogen and oxygen atoms in total. The first-order chi connectivity index (χ1) is 6.79. The van der Waals surface area contributed by atoms with Gasteiger partial charge in [0.15, 0.2) is 5.82 Å². The van der Waals surface area contributed by atoms with Gasteiger partial charge in [-0.15, -0.1) is 0 Å². The molecular formula is C9H15N5. The summed E-state index contributed by atoms with van der Waals surface area (Å²) in [5.74, 6) is 8.24. The summed E-state index contributed by atoms with van der Waals surface area (Å²) < 4.78 is 0. The molecule has 2 unspecified atom stereocenters. The largest absolute Gasteiger partial charge is 0.368 e. The van der Waals surface area contributed by atoms with Crippen molar-refractivity contribution < 1.29 is 0 Å². The van der Waals surface area contributed by atoms with Gasteiger partial charge < -0.3 is 10.7 Å². The molecule has 5 heteroatoms. The summed E-state index contributed by atoms with van der Waals surface area (Å²) in [5.41, 5.74) is 2.47. The molecule has 1 fully saturated rings. The molecule has 0 radical (unpaired) electrons. The summed E-state index contributed by atoms with van der Waals surface area (Å²) in [5, 5.41) is 3.24. The smallest absolute Gasteiger partial charge is 0.160 e. The zero-order valence-corrected chi connectivity index (χ0v) is 8.20. The van der Waals surface area contributed by atoms with Crippen molar-refractivity contribution in [1.82, 2.24) is 9.97 Å². The normalized spacial score (nSPS) is 24.4. The Kier molecular flexibility index (Phi) is 2.49. The summed E-state index contributed by atoms with van der Waals surface area (Å²) in [6, 6.07) is 0. The second-order valence-electron chi connectivity index (χ2n) is 3.79. The van der Waals surface area contributed by atoms with Crippen LogP contribution in [-0.2, 0) is 0 Å². The number of hydrazine groups is 1. The first-order valence-electron chi connectivity index (χ1n) is 4.82. The van der Waals surface area contributed by atoms with Crippen LogP contribution in [0.2, 0.25) is 0 Å². The van der Waals surface area contributed by atoms with Gasteiger partial charge in [0, 0.05) is 6.54 Å². The average Bonchev–Trinajstić information content (AvgIpc) is 2.92. The topological polar surface area (TPSA) is 75.9 Å². The molecule has 0 amide bonds. The fraction of sp³-hybridized carbons (Fsp3) is 0.556. The van der Waals surface area contributed by atoms with Gasteiger partial charge in [-0.2, -0.15) is 0 Å². The second kappa shape index (κ2) is 3.79. The Balaban J connectivity index is 1.88. The lowest BCUT2D eigenvalue weighted by Crippen LogP contribution is -2.11. The summed E-state index contributed by atoms with van der Waals surface area (Å²) in [6.07, 6.45) is 4.61. The highest BCUT2D eigenvalue weighted by Gasteiger charge is 2.31. The van der Waals surface area contributed by atoms with E-state index >= 15 is 0 Å². The molecule has 0 aliphatic heterocycles. The van der Waals surface area contributed by atoms with Gasteiger partial charge in [0.2, 0.25) is 0 Å². The Morgan fingerprint density at radius 2 is 2.21 bits per heavy atom. The first-order valence-corrected chi connectivity index (χ1v) is 4.82. The number of hydrogen-bond acceptors (Lipinski definition) is 5. The molecule has 0 aromatic carbocycles. The SMILES string of the molecule is CC1CC1CNc1cncc(NN)n1. The molecule has 1 saturated carbocycles. The zero-order valence-electron chi connectivity index (χ0n) is 8.20. The molecule has 0 bridgehead atoms. The third kappa shape index (κ3) is 2.11. The molecule has 1 aliphatic rings. The Bertz CT molecular complexity index is 314. The van der Waals surface area contributed by atoms with Gasteiger partial charge in [0.1, 0.15) is 5.82 Å². The van der Waals surface area contributed by atoms with Gasteiger partial charge in [-0.1, -0.05) is 6.92 Å². The minimum atomic E-state index is 0.582. The van der Waals surface area contributed by atoms with E-state index in [4.69, 9.17) is 5.84 Å². The van der Waals surface area contributed by atoms with Crippen LogP contribution in [0.25, 0.3) is 0 Å². The van der Waals surface area contributed by atoms with Crippen molar-refractivity contribution in [1.29, 1.82) is 0 Å². The van der Waals surface area contributed by atoms with Gasteiger partial charge in [0.05, 0.1) is 12.4 Å². The predicted octanol–water partition coefficient (Wildman–Crippen LogP) is 0.830. The summed E-state index contributed by atoms with van der Waals surface area (Å²) in [7, 11) is 0. The van der Waals surface area contributed by atoms with Crippen molar-refractivity contribution in [3.05, 3.63) is 12.4 Å². The molecule has 1 aliphatic carbocycles. The minimum Gasteiger partial charge on any atom is -0.368 e. The molecule has 2 rings (SSSR count). The molecule has 0 saturated heterocycles. The Morgan fingerprint density at radius 1 is 1.50 bits per heavy atom. The van der Waals surface area contributed by atoms with Crippen LogP contribution in [0.4, 0.5) is 11.6 Å². The molecule has 2 atom stereocenters. The quantitative estimate of drug-likeness (QED) is 0.488. The van der Waals surface area contributed by atoms with Crippen molar-refractivity contribution in [3.8, 4) is 0 Å². The van der Waals surface area contributed by atoms with Crippen LogP contribution in [0.1, 0.15) is 13.3 Å². The molecule has 1 heterocycles. The first kappa shape index (κ1) is 9.21. The Hall–Kier alpha value is -1.36. The highest BCUT2D eigenvalue weighted by Crippen LogP contribution is 2.37. The molecule has 1 aromatic heterocycles. The van der Waals surface area contributed by atoms with E-state index in [0.717, 1.165) is 24.2 Å². The number of nitrogens with two attached hydrogens (primary N) is 1. The van der Waals surface area contributed by atoms with Gasteiger partial charge in [0.25, 0.3) is 0 Å². The van der Waals surface area contributed by atoms with Crippen LogP contribution >= 0.6 is 0 Å². The van der Waals surface area contributed by atoms with E-state index < -0.39 is 0 Å². The molecule has 1 aromatic rings. The Morgan fingerprint density at radius 3 is 2.86 bits per heavy atom. The monoisotopic (exact) mass is 193 g/mol. The van der Waals surface area contributed by atoms with Crippen molar-refractivity contribution in [2.45, 2.75) is 13.3 Å². The van der Waals surface area contributed by atoms with Crippen molar-refractivity contribution in [3.63, 3.8) is 0 Å². The summed E-state index contributed by atoms with van der Waals surface area (Å²) >= 11 is 0. The van der Waals surface area contributed by atoms with Gasteiger partial charge in [-0.25, -0.2) is 10.8 Å². The van der Waals surface area contributed by atoms with E-state index in [9.17, 15) is 0 Å². The van der Waals surface area contributed by atoms with Crippen LogP contribution in [0.5, 0.6) is 0 Å². The maximum Gasteiger partial charge on any atom is 0.160 e. The third-order valence-electron chi connectivity index (χ3n) is 2.60. The fourth-order valence-electron chi connectivity index (χ4n) is 1.44. The number of hydrogen-bond donors (Lipinski definition) is 3. The van der Waals surface area contributed by atoms with Crippen molar-refractivity contribution in [2.24, 2.45) is 17.7 Å². The standard InChI is InChI=1S/C9H15N5/c1-6-2-7(6)3-12-8-4-11-5-9(13-8)14-10/h4-7H,2-3,10H2,1H3,(H2,12,13,14). The summed E-state index contributed by atoms with van der Waals surface area (Å²) in [6.45, 7) is 3.24. The molecule has 0 spiro atoms. The molecule has 76 valence electrons. The maximum absolute atomic E-state index is 5.23. The van der Waals surface area contributed by atoms with Crippen LogP contribution in [0, 0.1) is 11.8 Å². The van der Waals surface area contributed by atoms with Gasteiger partial charge in [-0.3, -0.25) is 4.98 Å². The van der Waals surface area contributed by atoms with Crippen LogP contribution in [0.3, 0.4) is 0 Å². The van der Waals surface area contributed by atoms with Crippen LogP contribution < -0.4 is 16.6 Å². The Labute approximate surface area is 83.1 Å². The molecule has 14 heavy (non-hydrogen) atoms. The number of nitrogen functional groups attached to an aromatic ring is 1. The number of nitrogens with one attached hydrogen (secondary N) is 2. The molecule has 4 N–H and O–H groups in total. The lowest BCUT2D eigenvalue weighted by molar-refractivity contribution is 0.784. The van der Waals surface area contributed by atoms with Crippen molar-refractivity contribution in [2.75, 3.05) is 17.3 Å². The number of aromatic nitrogens is 2. The predicted molar refractivity (Wildman–Crippen MR) is 55.6 cm³/mol. The van der Waals surface area contributed by atoms with Crippen LogP contribution in [-0.4, -0.2) is 16.5 Å². The van der Waals surface area contributed by atoms with Gasteiger partial charge >= 0.3 is 0 Å². The van der Waals surface area contributed by atoms with E-state index in [2.05, 4.69) is 27.6 Å². The third-order valence-corrected chi connectivity index (χ3v) is 2.60. The number of nitrogens with zero attached hydrogens (tertiary/aromatic N) is 2. The van der Waals surface area contributed by atoms with E-state index in [1.807, 2.05) is 0 Å². The minimum absolute atomic E-state index is 0.582. The van der Waals surface area contributed by atoms with E-state index in [-0.39, 0.29) is 0 Å². The highest BCUT2D eigenvalue weighted by atomic mass is 15.3. The van der Waals surface area contributed by atoms with Crippen LogP contribution in [0.15, 0.2) is 12.4 Å². The van der Waals surface area contributed by atoms with E-state index in [1.165, 1.54) is 6.42 Å². The average molecular weight is 193 g/mol. The maximum atomic E-state index is 5.23. The molecular weight excluding hydrogens is 178 g/mol. The highest BCUT2D eigenvalue weighted by molar-refractivity contribution is 5.40. The van der Waals surface area contributed by atoms with Crippen molar-refractivity contribution >= 4 is 11.6 Å².